The average molecular weight is 251 g/mol. The van der Waals surface area contributed by atoms with Crippen LogP contribution in [0, 0.1) is 0 Å². The lowest BCUT2D eigenvalue weighted by atomic mass is 10.2. The van der Waals surface area contributed by atoms with Gasteiger partial charge in [-0.25, -0.2) is 4.98 Å². The van der Waals surface area contributed by atoms with Gasteiger partial charge in [-0.1, -0.05) is 0 Å². The van der Waals surface area contributed by atoms with Gasteiger partial charge in [0.2, 0.25) is 0 Å². The summed E-state index contributed by atoms with van der Waals surface area (Å²) in [6.07, 6.45) is 3.53. The minimum Gasteiger partial charge on any atom is -0.508 e. The molecule has 0 radical (unpaired) electrons. The van der Waals surface area contributed by atoms with Crippen LogP contribution in [-0.2, 0) is 0 Å². The van der Waals surface area contributed by atoms with Crippen LogP contribution in [0.3, 0.4) is 0 Å². The number of aromatic hydroxyl groups is 1. The van der Waals surface area contributed by atoms with Gasteiger partial charge in [-0.15, -0.1) is 10.2 Å². The van der Waals surface area contributed by atoms with Crippen LogP contribution in [-0.4, -0.2) is 29.7 Å². The lowest BCUT2D eigenvalue weighted by Crippen LogP contribution is -1.91. The molecular weight excluding hydrogens is 242 g/mol. The highest BCUT2D eigenvalue weighted by molar-refractivity contribution is 5.88. The first-order valence-electron chi connectivity index (χ1n) is 5.79. The molecule has 6 nitrogen and oxygen atoms in total. The largest absolute Gasteiger partial charge is 0.508 e. The van der Waals surface area contributed by atoms with Crippen LogP contribution in [0.5, 0.6) is 5.75 Å². The van der Waals surface area contributed by atoms with Gasteiger partial charge in [-0.2, -0.15) is 0 Å². The fourth-order valence-corrected chi connectivity index (χ4v) is 2.15. The van der Waals surface area contributed by atoms with Crippen LogP contribution < -0.4 is 0 Å². The van der Waals surface area contributed by atoms with Gasteiger partial charge in [-0.05, 0) is 30.3 Å². The second kappa shape index (κ2) is 3.55. The Balaban J connectivity index is 2.02. The number of aromatic amines is 1. The smallest absolute Gasteiger partial charge is 0.188 e. The number of H-pyrrole nitrogens is 1. The number of phenolic OH excluding ortho intramolecular Hbond substituents is 1. The van der Waals surface area contributed by atoms with Crippen LogP contribution >= 0.6 is 0 Å². The second-order valence-electron chi connectivity index (χ2n) is 4.25. The lowest BCUT2D eigenvalue weighted by molar-refractivity contribution is 0.475. The molecule has 0 atom stereocenters. The molecule has 4 aromatic rings. The molecule has 0 amide bonds. The Labute approximate surface area is 107 Å². The first-order valence-corrected chi connectivity index (χ1v) is 5.79. The maximum Gasteiger partial charge on any atom is 0.188 e. The van der Waals surface area contributed by atoms with E-state index in [2.05, 4.69) is 20.2 Å². The van der Waals surface area contributed by atoms with E-state index in [1.54, 1.807) is 30.6 Å². The molecule has 3 aromatic heterocycles. The van der Waals surface area contributed by atoms with Crippen molar-refractivity contribution in [1.29, 1.82) is 0 Å². The number of benzene rings is 1. The number of fused-ring (bicyclic) bond motifs is 3. The van der Waals surface area contributed by atoms with Crippen LogP contribution in [0.25, 0.3) is 28.1 Å². The summed E-state index contributed by atoms with van der Waals surface area (Å²) in [5.74, 6) is 0.918. The van der Waals surface area contributed by atoms with Crippen molar-refractivity contribution >= 4 is 16.7 Å². The monoisotopic (exact) mass is 251 g/mol. The van der Waals surface area contributed by atoms with Crippen molar-refractivity contribution in [2.45, 2.75) is 0 Å². The first kappa shape index (κ1) is 10.1. The van der Waals surface area contributed by atoms with E-state index >= 15 is 0 Å². The van der Waals surface area contributed by atoms with Crippen molar-refractivity contribution in [1.82, 2.24) is 24.6 Å². The summed E-state index contributed by atoms with van der Waals surface area (Å²) in [6, 6.07) is 8.73. The average Bonchev–Trinajstić information content (AvgIpc) is 3.04. The van der Waals surface area contributed by atoms with Crippen molar-refractivity contribution in [3.05, 3.63) is 42.9 Å². The van der Waals surface area contributed by atoms with E-state index in [0.29, 0.717) is 5.82 Å². The predicted octanol–water partition coefficient (Wildman–Crippen LogP) is 1.98. The summed E-state index contributed by atoms with van der Waals surface area (Å²) in [4.78, 5) is 7.46. The van der Waals surface area contributed by atoms with Gasteiger partial charge in [-0.3, -0.25) is 4.40 Å². The Bertz CT molecular complexity index is 875. The summed E-state index contributed by atoms with van der Waals surface area (Å²) >= 11 is 0. The van der Waals surface area contributed by atoms with E-state index in [1.807, 2.05) is 16.7 Å². The molecule has 6 heteroatoms. The van der Waals surface area contributed by atoms with E-state index in [4.69, 9.17) is 0 Å². The van der Waals surface area contributed by atoms with Crippen molar-refractivity contribution in [3.8, 4) is 17.1 Å². The molecule has 3 heterocycles. The second-order valence-corrected chi connectivity index (χ2v) is 4.25. The Hall–Kier alpha value is -2.89. The van der Waals surface area contributed by atoms with Crippen LogP contribution in [0.2, 0.25) is 0 Å². The van der Waals surface area contributed by atoms with Gasteiger partial charge in [0.05, 0.1) is 5.52 Å². The third kappa shape index (κ3) is 1.40. The molecule has 0 bridgehead atoms. The van der Waals surface area contributed by atoms with Crippen molar-refractivity contribution in [2.75, 3.05) is 0 Å². The van der Waals surface area contributed by atoms with Gasteiger partial charge in [0.25, 0.3) is 0 Å². The molecule has 0 aliphatic rings. The van der Waals surface area contributed by atoms with E-state index in [1.165, 1.54) is 0 Å². The van der Waals surface area contributed by atoms with Gasteiger partial charge >= 0.3 is 0 Å². The number of aromatic nitrogens is 5. The van der Waals surface area contributed by atoms with Crippen molar-refractivity contribution in [2.24, 2.45) is 0 Å². The zero-order chi connectivity index (χ0) is 12.8. The molecule has 0 unspecified atom stereocenters. The minimum atomic E-state index is 0.224. The summed E-state index contributed by atoms with van der Waals surface area (Å²) < 4.78 is 1.82. The lowest BCUT2D eigenvalue weighted by Gasteiger charge is -2.00. The highest BCUT2D eigenvalue weighted by atomic mass is 16.3. The number of nitrogens with zero attached hydrogens (tertiary/aromatic N) is 4. The Morgan fingerprint density at radius 2 is 1.89 bits per heavy atom. The zero-order valence-electron chi connectivity index (χ0n) is 9.78. The van der Waals surface area contributed by atoms with E-state index in [9.17, 15) is 5.11 Å². The molecule has 1 aromatic carbocycles. The standard InChI is InChI=1S/C13H9N5O/c19-9-3-1-8(2-4-9)12-16-17-13-11-10(5-6-14-11)15-7-18(12)13/h1-7,14,19H. The third-order valence-corrected chi connectivity index (χ3v) is 3.08. The van der Waals surface area contributed by atoms with Gasteiger partial charge in [0.15, 0.2) is 11.5 Å². The molecule has 0 aliphatic heterocycles. The summed E-state index contributed by atoms with van der Waals surface area (Å²) in [5.41, 5.74) is 3.33. The van der Waals surface area contributed by atoms with Gasteiger partial charge in [0, 0.05) is 11.8 Å². The van der Waals surface area contributed by atoms with Crippen LogP contribution in [0.1, 0.15) is 0 Å². The highest BCUT2D eigenvalue weighted by Crippen LogP contribution is 2.23. The third-order valence-electron chi connectivity index (χ3n) is 3.08. The zero-order valence-corrected chi connectivity index (χ0v) is 9.78. The maximum absolute atomic E-state index is 9.32. The van der Waals surface area contributed by atoms with Crippen LogP contribution in [0.4, 0.5) is 0 Å². The van der Waals surface area contributed by atoms with Crippen molar-refractivity contribution in [3.63, 3.8) is 0 Å². The van der Waals surface area contributed by atoms with Crippen molar-refractivity contribution < 1.29 is 5.11 Å². The number of phenols is 1. The Morgan fingerprint density at radius 1 is 1.05 bits per heavy atom. The number of hydrogen-bond donors (Lipinski definition) is 2. The number of hydrogen-bond acceptors (Lipinski definition) is 4. The SMILES string of the molecule is Oc1ccc(-c2nnc3c4[nH]ccc4ncn23)cc1. The Kier molecular flexibility index (Phi) is 1.88. The van der Waals surface area contributed by atoms with E-state index < -0.39 is 0 Å². The molecule has 0 spiro atoms. The summed E-state index contributed by atoms with van der Waals surface area (Å²) in [7, 11) is 0. The maximum atomic E-state index is 9.32. The van der Waals surface area contributed by atoms with E-state index in [-0.39, 0.29) is 5.75 Å². The molecule has 0 aliphatic carbocycles. The molecular formula is C13H9N5O. The van der Waals surface area contributed by atoms with Gasteiger partial charge in [0.1, 0.15) is 17.6 Å². The molecule has 92 valence electrons. The van der Waals surface area contributed by atoms with Gasteiger partial charge < -0.3 is 10.1 Å². The quantitative estimate of drug-likeness (QED) is 0.542. The van der Waals surface area contributed by atoms with E-state index in [0.717, 1.165) is 22.2 Å². The molecule has 4 rings (SSSR count). The van der Waals surface area contributed by atoms with Crippen LogP contribution in [0.15, 0.2) is 42.9 Å². The fourth-order valence-electron chi connectivity index (χ4n) is 2.15. The molecule has 2 N–H and O–H groups in total. The minimum absolute atomic E-state index is 0.224. The number of rotatable bonds is 1. The fraction of sp³-hybridized carbons (Fsp3) is 0. The molecule has 19 heavy (non-hydrogen) atoms. The first-order chi connectivity index (χ1) is 9.33. The number of nitrogens with one attached hydrogen (secondary N) is 1. The molecule has 0 saturated carbocycles. The molecule has 0 fully saturated rings. The normalized spacial score (nSPS) is 11.4. The molecule has 0 saturated heterocycles. The topological polar surface area (TPSA) is 79.1 Å². The highest BCUT2D eigenvalue weighted by Gasteiger charge is 2.11. The summed E-state index contributed by atoms with van der Waals surface area (Å²) in [5, 5.41) is 17.7. The summed E-state index contributed by atoms with van der Waals surface area (Å²) in [6.45, 7) is 0. The predicted molar refractivity (Wildman–Crippen MR) is 69.7 cm³/mol. The Morgan fingerprint density at radius 3 is 2.74 bits per heavy atom.